The summed E-state index contributed by atoms with van der Waals surface area (Å²) in [5.41, 5.74) is 3.10. The number of hydrogen-bond donors (Lipinski definition) is 1. The van der Waals surface area contributed by atoms with Crippen LogP contribution in [0.25, 0.3) is 16.7 Å². The molecule has 8 heteroatoms. The van der Waals surface area contributed by atoms with Gasteiger partial charge in [0.15, 0.2) is 5.16 Å². The number of unbranched alkanes of at least 4 members (excludes halogenated alkanes) is 1. The first-order chi connectivity index (χ1) is 17.2. The molecule has 0 bridgehead atoms. The minimum Gasteiger partial charge on any atom is -0.322 e. The van der Waals surface area contributed by atoms with Gasteiger partial charge in [-0.2, -0.15) is 0 Å². The second kappa shape index (κ2) is 10.1. The maximum Gasteiger partial charge on any atom is 0.262 e. The number of hydrogen-bond acceptors (Lipinski definition) is 5. The average molecular weight is 484 g/mol. The number of benzene rings is 3. The van der Waals surface area contributed by atoms with E-state index in [4.69, 9.17) is 0 Å². The molecule has 0 unspecified atom stereocenters. The Hall–Kier alpha value is -3.91. The van der Waals surface area contributed by atoms with Crippen molar-refractivity contribution < 1.29 is 4.79 Å². The van der Waals surface area contributed by atoms with Crippen molar-refractivity contribution in [1.29, 1.82) is 0 Å². The van der Waals surface area contributed by atoms with Crippen molar-refractivity contribution in [2.24, 2.45) is 0 Å². The predicted molar refractivity (Wildman–Crippen MR) is 140 cm³/mol. The fourth-order valence-corrected chi connectivity index (χ4v) is 4.90. The third kappa shape index (κ3) is 4.70. The first-order valence-corrected chi connectivity index (χ1v) is 12.6. The van der Waals surface area contributed by atoms with Gasteiger partial charge in [-0.15, -0.1) is 10.2 Å². The van der Waals surface area contributed by atoms with Crippen molar-refractivity contribution >= 4 is 40.0 Å². The monoisotopic (exact) mass is 483 g/mol. The van der Waals surface area contributed by atoms with Crippen molar-refractivity contribution in [3.05, 3.63) is 100 Å². The van der Waals surface area contributed by atoms with E-state index in [1.165, 1.54) is 11.8 Å². The summed E-state index contributed by atoms with van der Waals surface area (Å²) >= 11 is 1.53. The van der Waals surface area contributed by atoms with E-state index in [2.05, 4.69) is 22.4 Å². The lowest BCUT2D eigenvalue weighted by Crippen LogP contribution is -2.23. The van der Waals surface area contributed by atoms with Crippen molar-refractivity contribution in [1.82, 2.24) is 19.2 Å². The number of aryl methyl sites for hydroxylation is 1. The minimum absolute atomic E-state index is 0.0392. The first-order valence-electron chi connectivity index (χ1n) is 11.6. The number of thioether (sulfide) groups is 1. The Morgan fingerprint density at radius 1 is 0.971 bits per heavy atom. The van der Waals surface area contributed by atoms with Crippen LogP contribution < -0.4 is 10.9 Å². The smallest absolute Gasteiger partial charge is 0.262 e. The average Bonchev–Trinajstić information content (AvgIpc) is 3.32. The zero-order valence-corrected chi connectivity index (χ0v) is 20.2. The van der Waals surface area contributed by atoms with E-state index in [0.29, 0.717) is 34.2 Å². The molecular weight excluding hydrogens is 458 g/mol. The highest BCUT2D eigenvalue weighted by Gasteiger charge is 2.17. The Morgan fingerprint density at radius 3 is 2.60 bits per heavy atom. The van der Waals surface area contributed by atoms with Gasteiger partial charge < -0.3 is 5.32 Å². The van der Waals surface area contributed by atoms with Gasteiger partial charge in [0.2, 0.25) is 5.78 Å². The molecule has 2 aromatic heterocycles. The number of carbonyl (C=O) groups excluding carboxylic acids is 1. The maximum absolute atomic E-state index is 13.1. The van der Waals surface area contributed by atoms with Gasteiger partial charge in [-0.25, -0.2) is 0 Å². The maximum atomic E-state index is 13.1. The van der Waals surface area contributed by atoms with Crippen molar-refractivity contribution in [3.63, 3.8) is 0 Å². The molecule has 5 rings (SSSR count). The van der Waals surface area contributed by atoms with Crippen LogP contribution in [0.5, 0.6) is 0 Å². The molecule has 176 valence electrons. The number of aromatic nitrogens is 4. The topological polar surface area (TPSA) is 81.3 Å². The molecule has 0 spiro atoms. The molecule has 0 aliphatic rings. The number of rotatable bonds is 8. The normalized spacial score (nSPS) is 11.2. The SMILES string of the molecule is CCCCn1c(=O)c2ccccc2n2c(SCc3cccc(C(=O)Nc4ccccc4)c3)nnc12. The number of amides is 1. The molecule has 0 saturated heterocycles. The number of carbonyl (C=O) groups is 1. The van der Waals surface area contributed by atoms with Crippen LogP contribution in [0.4, 0.5) is 5.69 Å². The number of nitrogens with zero attached hydrogens (tertiary/aromatic N) is 4. The molecule has 0 fully saturated rings. The largest absolute Gasteiger partial charge is 0.322 e. The number of anilines is 1. The summed E-state index contributed by atoms with van der Waals surface area (Å²) in [6.45, 7) is 2.70. The molecule has 5 aromatic rings. The van der Waals surface area contributed by atoms with E-state index in [9.17, 15) is 9.59 Å². The van der Waals surface area contributed by atoms with Gasteiger partial charge >= 0.3 is 0 Å². The van der Waals surface area contributed by atoms with Gasteiger partial charge in [-0.1, -0.05) is 67.6 Å². The van der Waals surface area contributed by atoms with Crippen LogP contribution >= 0.6 is 11.8 Å². The van der Waals surface area contributed by atoms with Gasteiger partial charge in [-0.05, 0) is 48.4 Å². The lowest BCUT2D eigenvalue weighted by molar-refractivity contribution is 0.102. The minimum atomic E-state index is -0.151. The third-order valence-corrected chi connectivity index (χ3v) is 6.80. The van der Waals surface area contributed by atoms with Crippen LogP contribution in [0.1, 0.15) is 35.7 Å². The highest BCUT2D eigenvalue weighted by Crippen LogP contribution is 2.25. The van der Waals surface area contributed by atoms with Gasteiger partial charge in [0.05, 0.1) is 10.9 Å². The van der Waals surface area contributed by atoms with Crippen molar-refractivity contribution in [3.8, 4) is 0 Å². The summed E-state index contributed by atoms with van der Waals surface area (Å²) in [6, 6.07) is 24.5. The van der Waals surface area contributed by atoms with Gasteiger partial charge in [0, 0.05) is 23.5 Å². The second-order valence-corrected chi connectivity index (χ2v) is 9.20. The molecule has 1 amide bonds. The van der Waals surface area contributed by atoms with Gasteiger partial charge in [0.1, 0.15) is 0 Å². The second-order valence-electron chi connectivity index (χ2n) is 8.25. The number of fused-ring (bicyclic) bond motifs is 3. The van der Waals surface area contributed by atoms with Crippen LogP contribution in [-0.2, 0) is 12.3 Å². The van der Waals surface area contributed by atoms with Crippen molar-refractivity contribution in [2.45, 2.75) is 37.2 Å². The summed E-state index contributed by atoms with van der Waals surface area (Å²) < 4.78 is 3.68. The van der Waals surface area contributed by atoms with E-state index in [0.717, 1.165) is 29.6 Å². The van der Waals surface area contributed by atoms with Crippen LogP contribution in [0.15, 0.2) is 88.8 Å². The number of para-hydroxylation sites is 2. The standard InChI is InChI=1S/C27H25N5O2S/c1-2-3-16-31-25(34)22-14-7-8-15-23(22)32-26(31)29-30-27(32)35-18-19-10-9-11-20(17-19)24(33)28-21-12-5-4-6-13-21/h4-15,17H,2-3,16,18H2,1H3,(H,28,33). The van der Waals surface area contributed by atoms with Crippen LogP contribution in [-0.4, -0.2) is 25.1 Å². The molecule has 0 radical (unpaired) electrons. The fraction of sp³-hybridized carbons (Fsp3) is 0.185. The zero-order chi connectivity index (χ0) is 24.2. The molecule has 0 atom stereocenters. The molecule has 7 nitrogen and oxygen atoms in total. The number of nitrogens with one attached hydrogen (secondary N) is 1. The molecule has 2 heterocycles. The predicted octanol–water partition coefficient (Wildman–Crippen LogP) is 5.39. The quantitative estimate of drug-likeness (QED) is 0.299. The molecular formula is C27H25N5O2S. The summed E-state index contributed by atoms with van der Waals surface area (Å²) in [5.74, 6) is 1.01. The van der Waals surface area contributed by atoms with E-state index < -0.39 is 0 Å². The van der Waals surface area contributed by atoms with Crippen LogP contribution in [0.2, 0.25) is 0 Å². The molecule has 1 N–H and O–H groups in total. The Balaban J connectivity index is 1.43. The Labute approximate surface area is 206 Å². The third-order valence-electron chi connectivity index (χ3n) is 5.80. The lowest BCUT2D eigenvalue weighted by atomic mass is 10.1. The van der Waals surface area contributed by atoms with E-state index in [-0.39, 0.29) is 11.5 Å². The van der Waals surface area contributed by atoms with Crippen LogP contribution in [0, 0.1) is 0 Å². The molecule has 3 aromatic carbocycles. The summed E-state index contributed by atoms with van der Waals surface area (Å²) in [5, 5.41) is 13.1. The first kappa shape index (κ1) is 22.9. The summed E-state index contributed by atoms with van der Waals surface area (Å²) in [4.78, 5) is 25.8. The molecule has 0 aliphatic heterocycles. The van der Waals surface area contributed by atoms with Gasteiger partial charge in [0.25, 0.3) is 11.5 Å². The molecule has 0 aliphatic carbocycles. The Kier molecular flexibility index (Phi) is 6.63. The highest BCUT2D eigenvalue weighted by atomic mass is 32.2. The summed E-state index contributed by atoms with van der Waals surface area (Å²) in [6.07, 6.45) is 1.87. The van der Waals surface area contributed by atoms with Crippen molar-refractivity contribution in [2.75, 3.05) is 5.32 Å². The molecule has 0 saturated carbocycles. The van der Waals surface area contributed by atoms with E-state index >= 15 is 0 Å². The molecule has 35 heavy (non-hydrogen) atoms. The van der Waals surface area contributed by atoms with Crippen LogP contribution in [0.3, 0.4) is 0 Å². The highest BCUT2D eigenvalue weighted by molar-refractivity contribution is 7.98. The summed E-state index contributed by atoms with van der Waals surface area (Å²) in [7, 11) is 0. The van der Waals surface area contributed by atoms with E-state index in [1.807, 2.05) is 77.2 Å². The van der Waals surface area contributed by atoms with E-state index in [1.54, 1.807) is 10.6 Å². The lowest BCUT2D eigenvalue weighted by Gasteiger charge is -2.11. The van der Waals surface area contributed by atoms with Gasteiger partial charge in [-0.3, -0.25) is 18.6 Å². The Morgan fingerprint density at radius 2 is 1.77 bits per heavy atom. The zero-order valence-electron chi connectivity index (χ0n) is 19.3. The Bertz CT molecular complexity index is 1560. The fourth-order valence-electron chi connectivity index (χ4n) is 4.02.